The van der Waals surface area contributed by atoms with Crippen LogP contribution in [0, 0.1) is 11.3 Å². The Morgan fingerprint density at radius 2 is 2.24 bits per heavy atom. The maximum atomic E-state index is 12.0. The Morgan fingerprint density at radius 3 is 2.86 bits per heavy atom. The van der Waals surface area contributed by atoms with Gasteiger partial charge in [0.25, 0.3) is 0 Å². The van der Waals surface area contributed by atoms with Crippen molar-refractivity contribution < 1.29 is 4.79 Å². The smallest absolute Gasteiger partial charge is 0.224 e. The zero-order valence-corrected chi connectivity index (χ0v) is 14.2. The summed E-state index contributed by atoms with van der Waals surface area (Å²) in [6.45, 7) is 6.78. The van der Waals surface area contributed by atoms with Crippen molar-refractivity contribution in [3.8, 4) is 0 Å². The van der Waals surface area contributed by atoms with Gasteiger partial charge in [0, 0.05) is 18.1 Å². The summed E-state index contributed by atoms with van der Waals surface area (Å²) in [5.74, 6) is 0.311. The molecule has 3 nitrogen and oxygen atoms in total. The summed E-state index contributed by atoms with van der Waals surface area (Å²) in [6, 6.07) is 7.92. The second-order valence-electron chi connectivity index (χ2n) is 6.38. The van der Waals surface area contributed by atoms with Gasteiger partial charge in [-0.1, -0.05) is 37.6 Å². The van der Waals surface area contributed by atoms with Crippen LogP contribution in [-0.4, -0.2) is 25.5 Å². The van der Waals surface area contributed by atoms with E-state index in [1.165, 1.54) is 5.56 Å². The summed E-state index contributed by atoms with van der Waals surface area (Å²) < 4.78 is 0. The first-order valence-electron chi connectivity index (χ1n) is 7.19. The lowest BCUT2D eigenvalue weighted by atomic mass is 9.85. The number of nitrogens with one attached hydrogen (secondary N) is 2. The van der Waals surface area contributed by atoms with Crippen LogP contribution in [0.15, 0.2) is 24.3 Å². The van der Waals surface area contributed by atoms with Crippen molar-refractivity contribution in [2.75, 3.05) is 19.6 Å². The number of amides is 1. The molecule has 0 aromatic heterocycles. The summed E-state index contributed by atoms with van der Waals surface area (Å²) in [5, 5.41) is 7.07. The molecule has 1 fully saturated rings. The predicted molar refractivity (Wildman–Crippen MR) is 90.2 cm³/mol. The molecule has 0 radical (unpaired) electrons. The standard InChI is InChI=1S/C16H23ClN2O.ClH/c1-16(2,9-12-4-3-5-14(17)8-12)11-19-15(20)13-6-7-18-10-13;/h3-5,8,13,18H,6-7,9-11H2,1-2H3,(H,19,20);1H. The molecule has 0 spiro atoms. The number of rotatable bonds is 5. The normalized spacial score (nSPS) is 18.1. The molecule has 1 unspecified atom stereocenters. The zero-order chi connectivity index (χ0) is 14.6. The van der Waals surface area contributed by atoms with Crippen LogP contribution in [0.25, 0.3) is 0 Å². The van der Waals surface area contributed by atoms with Gasteiger partial charge in [-0.3, -0.25) is 4.79 Å². The maximum Gasteiger partial charge on any atom is 0.224 e. The lowest BCUT2D eigenvalue weighted by Gasteiger charge is -2.26. The first kappa shape index (κ1) is 18.3. The molecule has 0 aliphatic carbocycles. The monoisotopic (exact) mass is 330 g/mol. The van der Waals surface area contributed by atoms with E-state index in [0.29, 0.717) is 6.54 Å². The lowest BCUT2D eigenvalue weighted by molar-refractivity contribution is -0.124. The van der Waals surface area contributed by atoms with E-state index in [1.807, 2.05) is 18.2 Å². The van der Waals surface area contributed by atoms with Crippen LogP contribution in [0.3, 0.4) is 0 Å². The molecule has 2 N–H and O–H groups in total. The largest absolute Gasteiger partial charge is 0.355 e. The number of hydrogen-bond acceptors (Lipinski definition) is 2. The average molecular weight is 331 g/mol. The van der Waals surface area contributed by atoms with Crippen molar-refractivity contribution in [1.82, 2.24) is 10.6 Å². The fourth-order valence-corrected chi connectivity index (χ4v) is 2.82. The highest BCUT2D eigenvalue weighted by molar-refractivity contribution is 6.30. The molecule has 0 saturated carbocycles. The van der Waals surface area contributed by atoms with Crippen molar-refractivity contribution >= 4 is 29.9 Å². The van der Waals surface area contributed by atoms with Crippen molar-refractivity contribution in [2.24, 2.45) is 11.3 Å². The van der Waals surface area contributed by atoms with Gasteiger partial charge in [-0.05, 0) is 42.5 Å². The molecule has 118 valence electrons. The summed E-state index contributed by atoms with van der Waals surface area (Å²) in [5.41, 5.74) is 1.23. The minimum absolute atomic E-state index is 0. The van der Waals surface area contributed by atoms with E-state index >= 15 is 0 Å². The molecule has 1 amide bonds. The third kappa shape index (κ3) is 5.85. The van der Waals surface area contributed by atoms with Crippen LogP contribution in [0.4, 0.5) is 0 Å². The molecule has 1 aliphatic heterocycles. The van der Waals surface area contributed by atoms with E-state index in [-0.39, 0.29) is 29.6 Å². The van der Waals surface area contributed by atoms with E-state index in [9.17, 15) is 4.79 Å². The summed E-state index contributed by atoms with van der Waals surface area (Å²) in [4.78, 5) is 12.0. The van der Waals surface area contributed by atoms with Crippen molar-refractivity contribution in [1.29, 1.82) is 0 Å². The van der Waals surface area contributed by atoms with Crippen LogP contribution < -0.4 is 10.6 Å². The molecule has 21 heavy (non-hydrogen) atoms. The molecular weight excluding hydrogens is 307 g/mol. The number of benzene rings is 1. The fraction of sp³-hybridized carbons (Fsp3) is 0.562. The third-order valence-electron chi connectivity index (χ3n) is 3.74. The molecule has 2 rings (SSSR count). The highest BCUT2D eigenvalue weighted by atomic mass is 35.5. The first-order valence-corrected chi connectivity index (χ1v) is 7.57. The Balaban J connectivity index is 0.00000220. The Kier molecular flexibility index (Phi) is 6.98. The van der Waals surface area contributed by atoms with Gasteiger partial charge < -0.3 is 10.6 Å². The highest BCUT2D eigenvalue weighted by Crippen LogP contribution is 2.23. The minimum atomic E-state index is 0. The Morgan fingerprint density at radius 1 is 1.48 bits per heavy atom. The summed E-state index contributed by atoms with van der Waals surface area (Å²) in [6.07, 6.45) is 1.84. The SMILES string of the molecule is CC(C)(CNC(=O)C1CCNC1)Cc1cccc(Cl)c1.Cl. The van der Waals surface area contributed by atoms with Gasteiger partial charge in [0.15, 0.2) is 0 Å². The van der Waals surface area contributed by atoms with E-state index in [4.69, 9.17) is 11.6 Å². The van der Waals surface area contributed by atoms with Crippen molar-refractivity contribution in [2.45, 2.75) is 26.7 Å². The second-order valence-corrected chi connectivity index (χ2v) is 6.81. The molecule has 1 saturated heterocycles. The molecular formula is C16H24Cl2N2O. The molecule has 5 heteroatoms. The van der Waals surface area contributed by atoms with Gasteiger partial charge in [0.2, 0.25) is 5.91 Å². The van der Waals surface area contributed by atoms with Crippen molar-refractivity contribution in [3.05, 3.63) is 34.9 Å². The van der Waals surface area contributed by atoms with Gasteiger partial charge in [-0.2, -0.15) is 0 Å². The molecule has 1 aromatic rings. The zero-order valence-electron chi connectivity index (χ0n) is 12.6. The molecule has 1 aromatic carbocycles. The van der Waals surface area contributed by atoms with E-state index < -0.39 is 0 Å². The van der Waals surface area contributed by atoms with Gasteiger partial charge in [-0.15, -0.1) is 12.4 Å². The topological polar surface area (TPSA) is 41.1 Å². The van der Waals surface area contributed by atoms with Crippen LogP contribution in [-0.2, 0) is 11.2 Å². The second kappa shape index (κ2) is 8.02. The summed E-state index contributed by atoms with van der Waals surface area (Å²) in [7, 11) is 0. The van der Waals surface area contributed by atoms with E-state index in [2.05, 4.69) is 30.5 Å². The molecule has 1 heterocycles. The molecule has 1 atom stereocenters. The van der Waals surface area contributed by atoms with Crippen LogP contribution in [0.5, 0.6) is 0 Å². The highest BCUT2D eigenvalue weighted by Gasteiger charge is 2.25. The summed E-state index contributed by atoms with van der Waals surface area (Å²) >= 11 is 6.01. The lowest BCUT2D eigenvalue weighted by Crippen LogP contribution is -2.39. The number of carbonyl (C=O) groups excluding carboxylic acids is 1. The van der Waals surface area contributed by atoms with Gasteiger partial charge in [0.05, 0.1) is 5.92 Å². The number of carbonyl (C=O) groups is 1. The fourth-order valence-electron chi connectivity index (χ4n) is 2.61. The third-order valence-corrected chi connectivity index (χ3v) is 3.98. The van der Waals surface area contributed by atoms with Crippen LogP contribution in [0.1, 0.15) is 25.8 Å². The minimum Gasteiger partial charge on any atom is -0.355 e. The number of halogens is 2. The van der Waals surface area contributed by atoms with Gasteiger partial charge in [0.1, 0.15) is 0 Å². The average Bonchev–Trinajstić information content (AvgIpc) is 2.89. The quantitative estimate of drug-likeness (QED) is 0.871. The Hall–Kier alpha value is -0.770. The first-order chi connectivity index (χ1) is 9.46. The van der Waals surface area contributed by atoms with Crippen molar-refractivity contribution in [3.63, 3.8) is 0 Å². The van der Waals surface area contributed by atoms with Crippen LogP contribution >= 0.6 is 24.0 Å². The van der Waals surface area contributed by atoms with Crippen LogP contribution in [0.2, 0.25) is 5.02 Å². The van der Waals surface area contributed by atoms with Gasteiger partial charge in [-0.25, -0.2) is 0 Å². The molecule has 1 aliphatic rings. The predicted octanol–water partition coefficient (Wildman–Crippen LogP) is 3.06. The van der Waals surface area contributed by atoms with Gasteiger partial charge >= 0.3 is 0 Å². The Labute approximate surface area is 138 Å². The Bertz CT molecular complexity index is 471. The maximum absolute atomic E-state index is 12.0. The van der Waals surface area contributed by atoms with E-state index in [1.54, 1.807) is 0 Å². The van der Waals surface area contributed by atoms with E-state index in [0.717, 1.165) is 31.0 Å². The molecule has 0 bridgehead atoms. The number of hydrogen-bond donors (Lipinski definition) is 2.